The number of hydrogen-bond acceptors (Lipinski definition) is 2. The molecule has 0 aliphatic heterocycles. The lowest BCUT2D eigenvalue weighted by molar-refractivity contribution is 0.549. The molecule has 0 aliphatic carbocycles. The molecule has 4 heteroatoms. The van der Waals surface area contributed by atoms with Crippen LogP contribution in [0.25, 0.3) is 0 Å². The van der Waals surface area contributed by atoms with Crippen molar-refractivity contribution in [1.82, 2.24) is 5.32 Å². The normalized spacial score (nSPS) is 12.6. The zero-order valence-electron chi connectivity index (χ0n) is 11.0. The molecule has 0 bridgehead atoms. The van der Waals surface area contributed by atoms with Crippen LogP contribution in [0.15, 0.2) is 34.1 Å². The molecule has 0 fully saturated rings. The van der Waals surface area contributed by atoms with Gasteiger partial charge in [0.15, 0.2) is 0 Å². The van der Waals surface area contributed by atoms with Crippen LogP contribution in [0.1, 0.15) is 29.0 Å². The Morgan fingerprint density at radius 3 is 2.74 bits per heavy atom. The van der Waals surface area contributed by atoms with Crippen LogP contribution in [-0.4, -0.2) is 6.54 Å². The van der Waals surface area contributed by atoms with Crippen molar-refractivity contribution in [2.75, 3.05) is 6.54 Å². The summed E-state index contributed by atoms with van der Waals surface area (Å²) < 4.78 is 14.5. The smallest absolute Gasteiger partial charge is 0.126 e. The molecule has 0 aliphatic rings. The zero-order valence-corrected chi connectivity index (χ0v) is 13.4. The van der Waals surface area contributed by atoms with Crippen molar-refractivity contribution in [3.8, 4) is 0 Å². The maximum absolute atomic E-state index is 13.4. The molecule has 1 N–H and O–H groups in total. The third-order valence-corrected chi connectivity index (χ3v) is 4.78. The average molecular weight is 342 g/mol. The number of likely N-dealkylation sites (N-methyl/N-ethyl adjacent to an activating group) is 1. The van der Waals surface area contributed by atoms with Crippen LogP contribution >= 0.6 is 27.3 Å². The summed E-state index contributed by atoms with van der Waals surface area (Å²) in [7, 11) is 0. The Bertz CT molecular complexity index is 553. The second-order valence-corrected chi connectivity index (χ2v) is 6.47. The van der Waals surface area contributed by atoms with Gasteiger partial charge in [-0.25, -0.2) is 4.39 Å². The quantitative estimate of drug-likeness (QED) is 0.819. The first-order chi connectivity index (χ1) is 9.10. The molecule has 1 aromatic carbocycles. The fraction of sp³-hybridized carbons (Fsp3) is 0.333. The van der Waals surface area contributed by atoms with Crippen LogP contribution < -0.4 is 5.32 Å². The molecule has 1 unspecified atom stereocenters. The Morgan fingerprint density at radius 2 is 2.16 bits per heavy atom. The first kappa shape index (κ1) is 14.7. The molecule has 0 saturated carbocycles. The van der Waals surface area contributed by atoms with Gasteiger partial charge in [-0.1, -0.05) is 19.1 Å². The predicted molar refractivity (Wildman–Crippen MR) is 83.3 cm³/mol. The Labute approximate surface area is 126 Å². The number of thiophene rings is 1. The van der Waals surface area contributed by atoms with Gasteiger partial charge in [0.2, 0.25) is 0 Å². The van der Waals surface area contributed by atoms with E-state index in [2.05, 4.69) is 39.6 Å². The lowest BCUT2D eigenvalue weighted by atomic mass is 10.0. The summed E-state index contributed by atoms with van der Waals surface area (Å²) in [5.41, 5.74) is 1.85. The van der Waals surface area contributed by atoms with Gasteiger partial charge in [0, 0.05) is 27.2 Å². The zero-order chi connectivity index (χ0) is 13.8. The van der Waals surface area contributed by atoms with Gasteiger partial charge in [-0.05, 0) is 52.7 Å². The summed E-state index contributed by atoms with van der Waals surface area (Å²) in [4.78, 5) is 1.32. The van der Waals surface area contributed by atoms with Crippen LogP contribution in [0, 0.1) is 12.7 Å². The maximum Gasteiger partial charge on any atom is 0.126 e. The fourth-order valence-corrected chi connectivity index (χ4v) is 3.60. The Hall–Kier alpha value is -0.710. The van der Waals surface area contributed by atoms with Crippen molar-refractivity contribution < 1.29 is 4.39 Å². The van der Waals surface area contributed by atoms with E-state index in [1.165, 1.54) is 4.88 Å². The van der Waals surface area contributed by atoms with E-state index in [0.717, 1.165) is 23.0 Å². The van der Waals surface area contributed by atoms with E-state index < -0.39 is 0 Å². The maximum atomic E-state index is 13.4. The highest BCUT2D eigenvalue weighted by Gasteiger charge is 2.13. The molecule has 0 radical (unpaired) electrons. The lowest BCUT2D eigenvalue weighted by Crippen LogP contribution is -2.22. The number of benzene rings is 1. The number of rotatable bonds is 5. The predicted octanol–water partition coefficient (Wildman–Crippen LogP) is 4.85. The van der Waals surface area contributed by atoms with E-state index in [1.54, 1.807) is 17.4 Å². The van der Waals surface area contributed by atoms with Gasteiger partial charge in [-0.3, -0.25) is 0 Å². The van der Waals surface area contributed by atoms with Crippen LogP contribution in [0.4, 0.5) is 4.39 Å². The first-order valence-electron chi connectivity index (χ1n) is 6.32. The third kappa shape index (κ3) is 3.88. The second-order valence-electron chi connectivity index (χ2n) is 4.55. The summed E-state index contributed by atoms with van der Waals surface area (Å²) in [6.07, 6.45) is 0.926. The van der Waals surface area contributed by atoms with Gasteiger partial charge in [-0.15, -0.1) is 11.3 Å². The Kier molecular flexibility index (Phi) is 5.13. The largest absolute Gasteiger partial charge is 0.310 e. The molecule has 1 nitrogen and oxygen atoms in total. The SMILES string of the molecule is CCNC(Cc1cc(Br)cs1)c1ccc(F)c(C)c1. The van der Waals surface area contributed by atoms with Crippen molar-refractivity contribution in [1.29, 1.82) is 0 Å². The minimum Gasteiger partial charge on any atom is -0.310 e. The Balaban J connectivity index is 2.21. The topological polar surface area (TPSA) is 12.0 Å². The monoisotopic (exact) mass is 341 g/mol. The molecule has 102 valence electrons. The van der Waals surface area contributed by atoms with Gasteiger partial charge in [-0.2, -0.15) is 0 Å². The number of hydrogen-bond donors (Lipinski definition) is 1. The number of halogens is 2. The highest BCUT2D eigenvalue weighted by Crippen LogP contribution is 2.26. The Morgan fingerprint density at radius 1 is 1.37 bits per heavy atom. The minimum atomic E-state index is -0.141. The van der Waals surface area contributed by atoms with Crippen molar-refractivity contribution in [2.24, 2.45) is 0 Å². The first-order valence-corrected chi connectivity index (χ1v) is 7.99. The summed E-state index contributed by atoms with van der Waals surface area (Å²) in [5, 5.41) is 5.56. The van der Waals surface area contributed by atoms with E-state index in [1.807, 2.05) is 19.1 Å². The molecule has 2 aromatic rings. The number of aryl methyl sites for hydroxylation is 1. The van der Waals surface area contributed by atoms with E-state index in [0.29, 0.717) is 5.56 Å². The van der Waals surface area contributed by atoms with Crippen molar-refractivity contribution in [2.45, 2.75) is 26.3 Å². The average Bonchev–Trinajstić information content (AvgIpc) is 2.78. The van der Waals surface area contributed by atoms with Gasteiger partial charge >= 0.3 is 0 Å². The molecule has 19 heavy (non-hydrogen) atoms. The van der Waals surface area contributed by atoms with E-state index in [9.17, 15) is 4.39 Å². The van der Waals surface area contributed by atoms with Gasteiger partial charge in [0.1, 0.15) is 5.82 Å². The van der Waals surface area contributed by atoms with Crippen LogP contribution in [0.5, 0.6) is 0 Å². The van der Waals surface area contributed by atoms with E-state index >= 15 is 0 Å². The van der Waals surface area contributed by atoms with Crippen LogP contribution in [0.2, 0.25) is 0 Å². The molecular formula is C15H17BrFNS. The molecule has 1 atom stereocenters. The second kappa shape index (κ2) is 6.64. The van der Waals surface area contributed by atoms with Gasteiger partial charge < -0.3 is 5.32 Å². The number of nitrogens with one attached hydrogen (secondary N) is 1. The van der Waals surface area contributed by atoms with E-state index in [-0.39, 0.29) is 11.9 Å². The standard InChI is InChI=1S/C15H17BrFNS/c1-3-18-15(8-13-7-12(16)9-19-13)11-4-5-14(17)10(2)6-11/h4-7,9,15,18H,3,8H2,1-2H3. The molecule has 0 amide bonds. The van der Waals surface area contributed by atoms with Crippen LogP contribution in [0.3, 0.4) is 0 Å². The van der Waals surface area contributed by atoms with Gasteiger partial charge in [0.25, 0.3) is 0 Å². The summed E-state index contributed by atoms with van der Waals surface area (Å²) in [6, 6.07) is 7.74. The highest BCUT2D eigenvalue weighted by molar-refractivity contribution is 9.10. The molecule has 2 rings (SSSR count). The molecule has 0 spiro atoms. The van der Waals surface area contributed by atoms with Crippen molar-refractivity contribution in [3.63, 3.8) is 0 Å². The molecular weight excluding hydrogens is 325 g/mol. The summed E-state index contributed by atoms with van der Waals surface area (Å²) in [6.45, 7) is 4.80. The van der Waals surface area contributed by atoms with Crippen molar-refractivity contribution in [3.05, 3.63) is 55.9 Å². The lowest BCUT2D eigenvalue weighted by Gasteiger charge is -2.18. The third-order valence-electron chi connectivity index (χ3n) is 3.06. The molecule has 1 aromatic heterocycles. The molecule has 0 saturated heterocycles. The highest BCUT2D eigenvalue weighted by atomic mass is 79.9. The fourth-order valence-electron chi connectivity index (χ4n) is 2.10. The van der Waals surface area contributed by atoms with Crippen LogP contribution in [-0.2, 0) is 6.42 Å². The van der Waals surface area contributed by atoms with Gasteiger partial charge in [0.05, 0.1) is 0 Å². The van der Waals surface area contributed by atoms with E-state index in [4.69, 9.17) is 0 Å². The summed E-state index contributed by atoms with van der Waals surface area (Å²) in [5.74, 6) is -0.141. The summed E-state index contributed by atoms with van der Waals surface area (Å²) >= 11 is 5.22. The minimum absolute atomic E-state index is 0.141. The molecule has 1 heterocycles. The van der Waals surface area contributed by atoms with Crippen molar-refractivity contribution >= 4 is 27.3 Å².